The average Bonchev–Trinajstić information content (AvgIpc) is 2.67. The second-order valence-electron chi connectivity index (χ2n) is 6.82. The lowest BCUT2D eigenvalue weighted by molar-refractivity contribution is -0.191. The van der Waals surface area contributed by atoms with E-state index in [2.05, 4.69) is 25.7 Å². The van der Waals surface area contributed by atoms with Crippen molar-refractivity contribution in [3.05, 3.63) is 0 Å². The molecule has 18 heavy (non-hydrogen) atoms. The van der Waals surface area contributed by atoms with Crippen molar-refractivity contribution in [3.8, 4) is 0 Å². The first-order valence-electron chi connectivity index (χ1n) is 7.46. The van der Waals surface area contributed by atoms with Crippen molar-refractivity contribution in [2.24, 2.45) is 17.3 Å². The summed E-state index contributed by atoms with van der Waals surface area (Å²) in [6, 6.07) is 0.376. The van der Waals surface area contributed by atoms with Crippen molar-refractivity contribution >= 4 is 5.78 Å². The van der Waals surface area contributed by atoms with Crippen LogP contribution >= 0.6 is 0 Å². The number of aliphatic hydroxyl groups is 1. The molecule has 0 aromatic heterocycles. The van der Waals surface area contributed by atoms with Gasteiger partial charge in [-0.05, 0) is 31.7 Å². The Balaban J connectivity index is 2.14. The van der Waals surface area contributed by atoms with Gasteiger partial charge in [0.2, 0.25) is 0 Å². The fourth-order valence-electron chi connectivity index (χ4n) is 5.43. The maximum atomic E-state index is 12.7. The second-order valence-corrected chi connectivity index (χ2v) is 6.82. The van der Waals surface area contributed by atoms with E-state index in [0.29, 0.717) is 30.6 Å². The number of ketones is 1. The lowest BCUT2D eigenvalue weighted by Gasteiger charge is -2.59. The maximum absolute atomic E-state index is 12.7. The molecule has 2 aliphatic carbocycles. The van der Waals surface area contributed by atoms with Gasteiger partial charge < -0.3 is 5.11 Å². The monoisotopic (exact) mass is 251 g/mol. The Labute approximate surface area is 110 Å². The first kappa shape index (κ1) is 12.6. The third-order valence-electron chi connectivity index (χ3n) is 6.05. The normalized spacial score (nSPS) is 47.9. The van der Waals surface area contributed by atoms with Crippen molar-refractivity contribution in [1.29, 1.82) is 0 Å². The summed E-state index contributed by atoms with van der Waals surface area (Å²) in [6.45, 7) is 8.22. The number of likely N-dealkylation sites (N-methyl/N-ethyl adjacent to an activating group) is 1. The molecule has 0 spiro atoms. The van der Waals surface area contributed by atoms with Crippen LogP contribution in [0.5, 0.6) is 0 Å². The van der Waals surface area contributed by atoms with Crippen LogP contribution in [0.3, 0.4) is 0 Å². The third-order valence-corrected chi connectivity index (χ3v) is 6.05. The Bertz CT molecular complexity index is 381. The van der Waals surface area contributed by atoms with Crippen LogP contribution in [-0.2, 0) is 4.79 Å². The Morgan fingerprint density at radius 3 is 2.78 bits per heavy atom. The topological polar surface area (TPSA) is 40.5 Å². The van der Waals surface area contributed by atoms with Gasteiger partial charge in [0.25, 0.3) is 0 Å². The van der Waals surface area contributed by atoms with Crippen LogP contribution in [0, 0.1) is 17.3 Å². The number of carbonyl (C=O) groups is 1. The van der Waals surface area contributed by atoms with Crippen molar-refractivity contribution in [1.82, 2.24) is 4.90 Å². The van der Waals surface area contributed by atoms with Gasteiger partial charge in [-0.3, -0.25) is 9.69 Å². The van der Waals surface area contributed by atoms with Crippen molar-refractivity contribution in [2.45, 2.75) is 58.1 Å². The lowest BCUT2D eigenvalue weighted by Crippen LogP contribution is -2.70. The number of hydrogen-bond acceptors (Lipinski definition) is 3. The SMILES string of the molecule is CCN1C[C@]2(O)CCC(=O)[C@@]3(C(C)C)[C@@H]2CC[C@@H]13. The summed E-state index contributed by atoms with van der Waals surface area (Å²) < 4.78 is 0. The summed E-state index contributed by atoms with van der Waals surface area (Å²) >= 11 is 0. The summed E-state index contributed by atoms with van der Waals surface area (Å²) in [6.07, 6.45) is 3.37. The quantitative estimate of drug-likeness (QED) is 0.814. The van der Waals surface area contributed by atoms with E-state index in [-0.39, 0.29) is 11.3 Å². The second kappa shape index (κ2) is 3.80. The zero-order valence-corrected chi connectivity index (χ0v) is 11.8. The fraction of sp³-hybridized carbons (Fsp3) is 0.933. The van der Waals surface area contributed by atoms with Gasteiger partial charge in [0.1, 0.15) is 5.78 Å². The fourth-order valence-corrected chi connectivity index (χ4v) is 5.43. The van der Waals surface area contributed by atoms with Gasteiger partial charge in [0.15, 0.2) is 0 Å². The molecule has 102 valence electrons. The molecule has 1 aliphatic heterocycles. The molecule has 4 bridgehead atoms. The highest BCUT2D eigenvalue weighted by Crippen LogP contribution is 2.62. The first-order chi connectivity index (χ1) is 8.46. The van der Waals surface area contributed by atoms with E-state index in [1.165, 1.54) is 0 Å². The molecule has 3 aliphatic rings. The number of piperidine rings is 1. The number of rotatable bonds is 2. The molecule has 4 atom stereocenters. The van der Waals surface area contributed by atoms with Gasteiger partial charge in [-0.15, -0.1) is 0 Å². The Morgan fingerprint density at radius 1 is 1.44 bits per heavy atom. The largest absolute Gasteiger partial charge is 0.388 e. The highest BCUT2D eigenvalue weighted by Gasteiger charge is 2.69. The Kier molecular flexibility index (Phi) is 2.66. The van der Waals surface area contributed by atoms with E-state index in [1.54, 1.807) is 0 Å². The Morgan fingerprint density at radius 2 is 2.17 bits per heavy atom. The minimum atomic E-state index is -0.610. The number of hydrogen-bond donors (Lipinski definition) is 1. The molecule has 0 unspecified atom stereocenters. The summed E-state index contributed by atoms with van der Waals surface area (Å²) in [5.74, 6) is 0.968. The molecule has 2 saturated carbocycles. The van der Waals surface area contributed by atoms with E-state index >= 15 is 0 Å². The van der Waals surface area contributed by atoms with Crippen LogP contribution < -0.4 is 0 Å². The Hall–Kier alpha value is -0.410. The standard InChI is InChI=1S/C15H25NO2/c1-4-16-9-14(18)8-7-13(17)15(10(2)3)11(14)5-6-12(15)16/h10-12,18H,4-9H2,1-3H3/t11-,12-,14-,15+/m1/s1. The average molecular weight is 251 g/mol. The molecule has 3 rings (SSSR count). The molecular formula is C15H25NO2. The first-order valence-corrected chi connectivity index (χ1v) is 7.46. The molecule has 1 heterocycles. The molecule has 1 saturated heterocycles. The zero-order valence-electron chi connectivity index (χ0n) is 11.8. The highest BCUT2D eigenvalue weighted by molar-refractivity contribution is 5.88. The van der Waals surface area contributed by atoms with Gasteiger partial charge in [-0.25, -0.2) is 0 Å². The summed E-state index contributed by atoms with van der Waals surface area (Å²) in [5, 5.41) is 11.0. The van der Waals surface area contributed by atoms with Crippen molar-refractivity contribution < 1.29 is 9.90 Å². The van der Waals surface area contributed by atoms with Crippen LogP contribution in [-0.4, -0.2) is 40.5 Å². The molecule has 3 fully saturated rings. The molecule has 3 heteroatoms. The van der Waals surface area contributed by atoms with E-state index in [9.17, 15) is 9.90 Å². The summed E-state index contributed by atoms with van der Waals surface area (Å²) in [4.78, 5) is 15.1. The number of β-amino-alcohol motifs (C(OH)–C–C–N with tert-alkyl or cyclic N) is 1. The predicted molar refractivity (Wildman–Crippen MR) is 70.2 cm³/mol. The van der Waals surface area contributed by atoms with Crippen molar-refractivity contribution in [3.63, 3.8) is 0 Å². The molecule has 0 aromatic carbocycles. The van der Waals surface area contributed by atoms with Crippen LogP contribution in [0.15, 0.2) is 0 Å². The zero-order chi connectivity index (χ0) is 13.1. The van der Waals surface area contributed by atoms with Gasteiger partial charge in [0, 0.05) is 24.9 Å². The van der Waals surface area contributed by atoms with Crippen molar-refractivity contribution in [2.75, 3.05) is 13.1 Å². The molecule has 0 aromatic rings. The number of nitrogens with zero attached hydrogens (tertiary/aromatic N) is 1. The highest BCUT2D eigenvalue weighted by atomic mass is 16.3. The summed E-state index contributed by atoms with van der Waals surface area (Å²) in [7, 11) is 0. The molecule has 1 N–H and O–H groups in total. The van der Waals surface area contributed by atoms with E-state index in [1.807, 2.05) is 0 Å². The minimum absolute atomic E-state index is 0.207. The van der Waals surface area contributed by atoms with Gasteiger partial charge >= 0.3 is 0 Å². The van der Waals surface area contributed by atoms with E-state index in [0.717, 1.165) is 25.9 Å². The van der Waals surface area contributed by atoms with Crippen LogP contribution in [0.4, 0.5) is 0 Å². The van der Waals surface area contributed by atoms with Gasteiger partial charge in [-0.1, -0.05) is 20.8 Å². The third kappa shape index (κ3) is 1.25. The molecular weight excluding hydrogens is 226 g/mol. The number of likely N-dealkylation sites (tertiary alicyclic amines) is 1. The van der Waals surface area contributed by atoms with E-state index in [4.69, 9.17) is 0 Å². The molecule has 3 nitrogen and oxygen atoms in total. The van der Waals surface area contributed by atoms with Gasteiger partial charge in [-0.2, -0.15) is 0 Å². The minimum Gasteiger partial charge on any atom is -0.388 e. The summed E-state index contributed by atoms with van der Waals surface area (Å²) in [5.41, 5.74) is -0.873. The number of Topliss-reactive ketones (excluding diaryl/α,β-unsaturated/α-hetero) is 1. The number of carbonyl (C=O) groups excluding carboxylic acids is 1. The predicted octanol–water partition coefficient (Wildman–Crippen LogP) is 1.84. The smallest absolute Gasteiger partial charge is 0.141 e. The maximum Gasteiger partial charge on any atom is 0.141 e. The van der Waals surface area contributed by atoms with Crippen LogP contribution in [0.1, 0.15) is 46.5 Å². The van der Waals surface area contributed by atoms with Gasteiger partial charge in [0.05, 0.1) is 11.0 Å². The lowest BCUT2D eigenvalue weighted by atomic mass is 9.52. The van der Waals surface area contributed by atoms with Crippen LogP contribution in [0.2, 0.25) is 0 Å². The molecule has 0 amide bonds. The van der Waals surface area contributed by atoms with Crippen LogP contribution in [0.25, 0.3) is 0 Å². The molecule has 0 radical (unpaired) electrons. The van der Waals surface area contributed by atoms with E-state index < -0.39 is 5.60 Å².